The van der Waals surface area contributed by atoms with Gasteiger partial charge >= 0.3 is 0 Å². The van der Waals surface area contributed by atoms with E-state index in [2.05, 4.69) is 20.9 Å². The first-order valence-corrected chi connectivity index (χ1v) is 8.69. The predicted octanol–water partition coefficient (Wildman–Crippen LogP) is 2.63. The number of aromatic amines is 1. The van der Waals surface area contributed by atoms with Crippen molar-refractivity contribution in [1.29, 1.82) is 0 Å². The molecule has 1 aliphatic rings. The quantitative estimate of drug-likeness (QED) is 0.848. The summed E-state index contributed by atoms with van der Waals surface area (Å²) in [7, 11) is 3.36. The van der Waals surface area contributed by atoms with Gasteiger partial charge < -0.3 is 19.5 Å². The zero-order valence-electron chi connectivity index (χ0n) is 13.8. The third kappa shape index (κ3) is 3.13. The van der Waals surface area contributed by atoms with Crippen molar-refractivity contribution in [2.45, 2.75) is 12.8 Å². The molecular weight excluding hydrogens is 374 g/mol. The van der Waals surface area contributed by atoms with Crippen LogP contribution in [0.2, 0.25) is 0 Å². The normalized spacial score (nSPS) is 14.5. The lowest BCUT2D eigenvalue weighted by Gasteiger charge is -2.21. The first kappa shape index (κ1) is 16.8. The molecule has 1 aromatic carbocycles. The minimum Gasteiger partial charge on any atom is -0.496 e. The fraction of sp³-hybridized carbons (Fsp3) is 0.412. The van der Waals surface area contributed by atoms with Crippen LogP contribution in [0.3, 0.4) is 0 Å². The lowest BCUT2D eigenvalue weighted by atomic mass is 10.2. The second kappa shape index (κ2) is 6.84. The summed E-state index contributed by atoms with van der Waals surface area (Å²) in [5.74, 6) is 0.788. The molecule has 0 atom stereocenters. The molecule has 1 aromatic heterocycles. The Morgan fingerprint density at radius 2 is 2.25 bits per heavy atom. The number of halogens is 1. The highest BCUT2D eigenvalue weighted by Gasteiger charge is 2.22. The Hall–Kier alpha value is -2.02. The lowest BCUT2D eigenvalue weighted by Crippen LogP contribution is -2.37. The standard InChI is InChI=1S/C17H20BrN3O3/c1-20(8-9-21-7-3-4-15(21)22)17(23)13-10-11-14(24-2)6-5-12(18)16(11)19-13/h5-6,10,19H,3-4,7-9H2,1-2H3. The number of rotatable bonds is 5. The van der Waals surface area contributed by atoms with Crippen molar-refractivity contribution < 1.29 is 14.3 Å². The van der Waals surface area contributed by atoms with Crippen LogP contribution in [-0.2, 0) is 4.79 Å². The van der Waals surface area contributed by atoms with Gasteiger partial charge in [0.2, 0.25) is 5.91 Å². The highest BCUT2D eigenvalue weighted by Crippen LogP contribution is 2.32. The Morgan fingerprint density at radius 3 is 2.92 bits per heavy atom. The van der Waals surface area contributed by atoms with E-state index in [0.717, 1.165) is 28.3 Å². The van der Waals surface area contributed by atoms with Gasteiger partial charge in [0.05, 0.1) is 12.6 Å². The molecule has 0 aliphatic carbocycles. The molecular formula is C17H20BrN3O3. The van der Waals surface area contributed by atoms with Gasteiger partial charge in [0.25, 0.3) is 5.91 Å². The third-order valence-electron chi connectivity index (χ3n) is 4.38. The summed E-state index contributed by atoms with van der Waals surface area (Å²) in [6.07, 6.45) is 1.53. The van der Waals surface area contributed by atoms with Gasteiger partial charge in [-0.2, -0.15) is 0 Å². The molecule has 1 saturated heterocycles. The first-order valence-electron chi connectivity index (χ1n) is 7.89. The number of methoxy groups -OCH3 is 1. The van der Waals surface area contributed by atoms with Crippen molar-refractivity contribution in [2.24, 2.45) is 0 Å². The predicted molar refractivity (Wildman–Crippen MR) is 95.3 cm³/mol. The SMILES string of the molecule is COc1ccc(Br)c2[nH]c(C(=O)N(C)CCN3CCCC3=O)cc12. The van der Waals surface area contributed by atoms with E-state index in [1.165, 1.54) is 0 Å². The first-order chi connectivity index (χ1) is 11.5. The lowest BCUT2D eigenvalue weighted by molar-refractivity contribution is -0.127. The Balaban J connectivity index is 1.75. The highest BCUT2D eigenvalue weighted by molar-refractivity contribution is 9.10. The van der Waals surface area contributed by atoms with Crippen molar-refractivity contribution in [1.82, 2.24) is 14.8 Å². The van der Waals surface area contributed by atoms with E-state index in [4.69, 9.17) is 4.74 Å². The van der Waals surface area contributed by atoms with Crippen LogP contribution in [0.5, 0.6) is 5.75 Å². The summed E-state index contributed by atoms with van der Waals surface area (Å²) < 4.78 is 6.23. The number of hydrogen-bond donors (Lipinski definition) is 1. The Bertz CT molecular complexity index is 787. The number of likely N-dealkylation sites (N-methyl/N-ethyl adjacent to an activating group) is 1. The summed E-state index contributed by atoms with van der Waals surface area (Å²) in [4.78, 5) is 30.9. The van der Waals surface area contributed by atoms with Gasteiger partial charge in [0, 0.05) is 43.0 Å². The van der Waals surface area contributed by atoms with Crippen LogP contribution >= 0.6 is 15.9 Å². The van der Waals surface area contributed by atoms with E-state index >= 15 is 0 Å². The third-order valence-corrected chi connectivity index (χ3v) is 5.04. The van der Waals surface area contributed by atoms with E-state index in [0.29, 0.717) is 31.0 Å². The molecule has 1 N–H and O–H groups in total. The fourth-order valence-electron chi connectivity index (χ4n) is 2.97. The molecule has 2 amide bonds. The van der Waals surface area contributed by atoms with Crippen LogP contribution in [0, 0.1) is 0 Å². The molecule has 24 heavy (non-hydrogen) atoms. The highest BCUT2D eigenvalue weighted by atomic mass is 79.9. The minimum atomic E-state index is -0.105. The largest absolute Gasteiger partial charge is 0.496 e. The second-order valence-electron chi connectivity index (χ2n) is 5.93. The van der Waals surface area contributed by atoms with Gasteiger partial charge in [-0.05, 0) is 40.5 Å². The van der Waals surface area contributed by atoms with Crippen LogP contribution in [0.15, 0.2) is 22.7 Å². The summed E-state index contributed by atoms with van der Waals surface area (Å²) in [6, 6.07) is 5.55. The molecule has 7 heteroatoms. The second-order valence-corrected chi connectivity index (χ2v) is 6.79. The molecule has 1 fully saturated rings. The number of ether oxygens (including phenoxy) is 1. The van der Waals surface area contributed by atoms with Gasteiger partial charge in [0.15, 0.2) is 0 Å². The van der Waals surface area contributed by atoms with E-state index in [1.807, 2.05) is 17.0 Å². The van der Waals surface area contributed by atoms with Crippen molar-refractivity contribution in [2.75, 3.05) is 33.8 Å². The van der Waals surface area contributed by atoms with E-state index < -0.39 is 0 Å². The van der Waals surface area contributed by atoms with Gasteiger partial charge in [-0.25, -0.2) is 0 Å². The molecule has 1 aliphatic heterocycles. The number of aromatic nitrogens is 1. The Morgan fingerprint density at radius 1 is 1.46 bits per heavy atom. The number of likely N-dealkylation sites (tertiary alicyclic amines) is 1. The number of amides is 2. The van der Waals surface area contributed by atoms with Crippen LogP contribution < -0.4 is 4.74 Å². The summed E-state index contributed by atoms with van der Waals surface area (Å²) in [5.41, 5.74) is 1.34. The van der Waals surface area contributed by atoms with Gasteiger partial charge in [-0.3, -0.25) is 9.59 Å². The molecule has 128 valence electrons. The van der Waals surface area contributed by atoms with Gasteiger partial charge in [0.1, 0.15) is 11.4 Å². The Kier molecular flexibility index (Phi) is 4.80. The maximum Gasteiger partial charge on any atom is 0.270 e. The molecule has 2 aromatic rings. The zero-order chi connectivity index (χ0) is 17.3. The molecule has 3 rings (SSSR count). The monoisotopic (exact) mass is 393 g/mol. The van der Waals surface area contributed by atoms with E-state index in [1.54, 1.807) is 25.1 Å². The number of carbonyl (C=O) groups excluding carboxylic acids is 2. The van der Waals surface area contributed by atoms with Gasteiger partial charge in [-0.1, -0.05) is 0 Å². The topological polar surface area (TPSA) is 65.6 Å². The summed E-state index contributed by atoms with van der Waals surface area (Å²) in [5, 5.41) is 0.860. The fourth-order valence-corrected chi connectivity index (χ4v) is 3.42. The maximum absolute atomic E-state index is 12.6. The van der Waals surface area contributed by atoms with Crippen molar-refractivity contribution in [3.63, 3.8) is 0 Å². The van der Waals surface area contributed by atoms with Gasteiger partial charge in [-0.15, -0.1) is 0 Å². The van der Waals surface area contributed by atoms with E-state index in [-0.39, 0.29) is 11.8 Å². The molecule has 6 nitrogen and oxygen atoms in total. The van der Waals surface area contributed by atoms with Crippen LogP contribution in [-0.4, -0.2) is 60.4 Å². The van der Waals surface area contributed by atoms with Crippen molar-refractivity contribution >= 4 is 38.6 Å². The number of benzene rings is 1. The molecule has 0 saturated carbocycles. The zero-order valence-corrected chi connectivity index (χ0v) is 15.4. The molecule has 0 spiro atoms. The molecule has 0 unspecified atom stereocenters. The van der Waals surface area contributed by atoms with Crippen LogP contribution in [0.4, 0.5) is 0 Å². The number of fused-ring (bicyclic) bond motifs is 1. The molecule has 2 heterocycles. The smallest absolute Gasteiger partial charge is 0.270 e. The molecule has 0 radical (unpaired) electrons. The molecule has 0 bridgehead atoms. The number of carbonyl (C=O) groups is 2. The van der Waals surface area contributed by atoms with Crippen LogP contribution in [0.25, 0.3) is 10.9 Å². The minimum absolute atomic E-state index is 0.105. The van der Waals surface area contributed by atoms with Crippen molar-refractivity contribution in [3.8, 4) is 5.75 Å². The number of hydrogen-bond acceptors (Lipinski definition) is 3. The summed E-state index contributed by atoms with van der Waals surface area (Å²) >= 11 is 3.49. The Labute approximate surface area is 148 Å². The number of nitrogens with zero attached hydrogens (tertiary/aromatic N) is 2. The average molecular weight is 394 g/mol. The maximum atomic E-state index is 12.6. The van der Waals surface area contributed by atoms with Crippen LogP contribution in [0.1, 0.15) is 23.3 Å². The summed E-state index contributed by atoms with van der Waals surface area (Å²) in [6.45, 7) is 1.88. The van der Waals surface area contributed by atoms with E-state index in [9.17, 15) is 9.59 Å². The number of nitrogens with one attached hydrogen (secondary N) is 1. The number of H-pyrrole nitrogens is 1. The average Bonchev–Trinajstić information content (AvgIpc) is 3.19. The van der Waals surface area contributed by atoms with Crippen molar-refractivity contribution in [3.05, 3.63) is 28.4 Å².